The molecule has 0 heterocycles. The van der Waals surface area contributed by atoms with E-state index in [1.807, 2.05) is 12.1 Å². The Labute approximate surface area is 141 Å². The summed E-state index contributed by atoms with van der Waals surface area (Å²) in [7, 11) is 1.56. The van der Waals surface area contributed by atoms with Gasteiger partial charge in [-0.05, 0) is 58.5 Å². The molecule has 110 valence electrons. The van der Waals surface area contributed by atoms with Crippen LogP contribution in [0, 0.1) is 3.57 Å². The van der Waals surface area contributed by atoms with Crippen molar-refractivity contribution < 1.29 is 9.53 Å². The van der Waals surface area contributed by atoms with E-state index in [-0.39, 0.29) is 5.91 Å². The van der Waals surface area contributed by atoms with Crippen LogP contribution < -0.4 is 15.8 Å². The molecule has 0 bridgehead atoms. The lowest BCUT2D eigenvalue weighted by molar-refractivity contribution is 0.0950. The van der Waals surface area contributed by atoms with Gasteiger partial charge in [0, 0.05) is 15.1 Å². The first-order chi connectivity index (χ1) is 10.0. The van der Waals surface area contributed by atoms with Gasteiger partial charge in [0.25, 0.3) is 5.91 Å². The maximum Gasteiger partial charge on any atom is 0.252 e. The molecule has 0 fully saturated rings. The Kier molecular flexibility index (Phi) is 5.30. The zero-order valence-corrected chi connectivity index (χ0v) is 14.2. The molecule has 2 aromatic carbocycles. The first-order valence-electron chi connectivity index (χ1n) is 6.17. The number of nitrogens with one attached hydrogen (secondary N) is 1. The maximum atomic E-state index is 12.2. The smallest absolute Gasteiger partial charge is 0.252 e. The molecule has 3 N–H and O–H groups in total. The number of nitrogens with two attached hydrogens (primary N) is 1. The second kappa shape index (κ2) is 7.00. The number of carbonyl (C=O) groups is 1. The standard InChI is InChI=1S/C15H14ClIN2O2/c1-21-14-5-2-9(6-13(14)18)8-19-15(20)11-7-10(16)3-4-12(11)17/h2-7H,8,18H2,1H3,(H,19,20). The van der Waals surface area contributed by atoms with Crippen molar-refractivity contribution >= 4 is 45.8 Å². The van der Waals surface area contributed by atoms with Crippen LogP contribution in [-0.4, -0.2) is 13.0 Å². The van der Waals surface area contributed by atoms with Crippen LogP contribution in [0.4, 0.5) is 5.69 Å². The third-order valence-corrected chi connectivity index (χ3v) is 4.10. The van der Waals surface area contributed by atoms with Crippen molar-refractivity contribution in [1.29, 1.82) is 0 Å². The van der Waals surface area contributed by atoms with Crippen LogP contribution >= 0.6 is 34.2 Å². The average Bonchev–Trinajstić information content (AvgIpc) is 2.47. The molecule has 0 saturated carbocycles. The minimum atomic E-state index is -0.170. The third-order valence-electron chi connectivity index (χ3n) is 2.92. The number of amides is 1. The van der Waals surface area contributed by atoms with E-state index in [2.05, 4.69) is 27.9 Å². The number of ether oxygens (including phenoxy) is 1. The monoisotopic (exact) mass is 416 g/mol. The van der Waals surface area contributed by atoms with Crippen molar-refractivity contribution in [1.82, 2.24) is 5.32 Å². The van der Waals surface area contributed by atoms with E-state index < -0.39 is 0 Å². The maximum absolute atomic E-state index is 12.2. The predicted octanol–water partition coefficient (Wildman–Crippen LogP) is 3.47. The van der Waals surface area contributed by atoms with Gasteiger partial charge in [0.1, 0.15) is 5.75 Å². The topological polar surface area (TPSA) is 64.3 Å². The average molecular weight is 417 g/mol. The Morgan fingerprint density at radius 2 is 2.10 bits per heavy atom. The van der Waals surface area contributed by atoms with Gasteiger partial charge in [-0.3, -0.25) is 4.79 Å². The lowest BCUT2D eigenvalue weighted by Crippen LogP contribution is -2.23. The van der Waals surface area contributed by atoms with Gasteiger partial charge < -0.3 is 15.8 Å². The number of halogens is 2. The molecule has 0 spiro atoms. The fourth-order valence-electron chi connectivity index (χ4n) is 1.84. The summed E-state index contributed by atoms with van der Waals surface area (Å²) in [6.07, 6.45) is 0. The molecule has 0 atom stereocenters. The zero-order valence-electron chi connectivity index (χ0n) is 11.3. The lowest BCUT2D eigenvalue weighted by Gasteiger charge is -2.09. The summed E-state index contributed by atoms with van der Waals surface area (Å²) in [6, 6.07) is 10.6. The minimum absolute atomic E-state index is 0.170. The minimum Gasteiger partial charge on any atom is -0.495 e. The van der Waals surface area contributed by atoms with Crippen LogP contribution in [0.2, 0.25) is 5.02 Å². The van der Waals surface area contributed by atoms with Gasteiger partial charge in [0.15, 0.2) is 0 Å². The Morgan fingerprint density at radius 3 is 2.76 bits per heavy atom. The molecule has 21 heavy (non-hydrogen) atoms. The number of benzene rings is 2. The summed E-state index contributed by atoms with van der Waals surface area (Å²) in [6.45, 7) is 0.385. The summed E-state index contributed by atoms with van der Waals surface area (Å²) in [5, 5.41) is 3.39. The van der Waals surface area contributed by atoms with Crippen LogP contribution in [-0.2, 0) is 6.54 Å². The Hall–Kier alpha value is -1.47. The predicted molar refractivity (Wildman–Crippen MR) is 92.7 cm³/mol. The summed E-state index contributed by atoms with van der Waals surface area (Å²) in [5.41, 5.74) is 7.84. The summed E-state index contributed by atoms with van der Waals surface area (Å²) >= 11 is 8.02. The van der Waals surface area contributed by atoms with Gasteiger partial charge in [0.2, 0.25) is 0 Å². The zero-order chi connectivity index (χ0) is 15.4. The van der Waals surface area contributed by atoms with E-state index in [4.69, 9.17) is 22.1 Å². The van der Waals surface area contributed by atoms with E-state index in [1.165, 1.54) is 0 Å². The van der Waals surface area contributed by atoms with Crippen molar-refractivity contribution in [3.63, 3.8) is 0 Å². The van der Waals surface area contributed by atoms with Gasteiger partial charge in [-0.1, -0.05) is 17.7 Å². The molecule has 0 radical (unpaired) electrons. The van der Waals surface area contributed by atoms with Gasteiger partial charge in [0.05, 0.1) is 18.4 Å². The number of methoxy groups -OCH3 is 1. The molecule has 1 amide bonds. The summed E-state index contributed by atoms with van der Waals surface area (Å²) in [4.78, 5) is 12.2. The summed E-state index contributed by atoms with van der Waals surface area (Å²) in [5.74, 6) is 0.450. The fourth-order valence-corrected chi connectivity index (χ4v) is 2.60. The number of rotatable bonds is 4. The molecule has 0 unspecified atom stereocenters. The molecular weight excluding hydrogens is 403 g/mol. The normalized spacial score (nSPS) is 10.2. The molecule has 0 aliphatic carbocycles. The molecule has 0 aromatic heterocycles. The van der Waals surface area contributed by atoms with Gasteiger partial charge >= 0.3 is 0 Å². The van der Waals surface area contributed by atoms with Crippen molar-refractivity contribution in [2.24, 2.45) is 0 Å². The molecule has 0 aliphatic heterocycles. The number of hydrogen-bond acceptors (Lipinski definition) is 3. The highest BCUT2D eigenvalue weighted by molar-refractivity contribution is 14.1. The number of nitrogen functional groups attached to an aromatic ring is 1. The lowest BCUT2D eigenvalue weighted by atomic mass is 10.1. The quantitative estimate of drug-likeness (QED) is 0.593. The fraction of sp³-hybridized carbons (Fsp3) is 0.133. The van der Waals surface area contributed by atoms with E-state index in [1.54, 1.807) is 31.4 Å². The molecule has 0 aliphatic rings. The number of anilines is 1. The molecule has 2 aromatic rings. The van der Waals surface area contributed by atoms with Crippen LogP contribution in [0.1, 0.15) is 15.9 Å². The molecule has 2 rings (SSSR count). The largest absolute Gasteiger partial charge is 0.495 e. The SMILES string of the molecule is COc1ccc(CNC(=O)c2cc(Cl)ccc2I)cc1N. The number of carbonyl (C=O) groups excluding carboxylic acids is 1. The molecular formula is C15H14ClIN2O2. The van der Waals surface area contributed by atoms with E-state index >= 15 is 0 Å². The Balaban J connectivity index is 2.07. The Bertz CT molecular complexity index is 677. The van der Waals surface area contributed by atoms with Crippen LogP contribution in [0.15, 0.2) is 36.4 Å². The van der Waals surface area contributed by atoms with Crippen LogP contribution in [0.25, 0.3) is 0 Å². The van der Waals surface area contributed by atoms with Crippen LogP contribution in [0.3, 0.4) is 0 Å². The van der Waals surface area contributed by atoms with E-state index in [0.29, 0.717) is 28.6 Å². The van der Waals surface area contributed by atoms with E-state index in [0.717, 1.165) is 9.13 Å². The van der Waals surface area contributed by atoms with Gasteiger partial charge in [-0.2, -0.15) is 0 Å². The highest BCUT2D eigenvalue weighted by Gasteiger charge is 2.10. The van der Waals surface area contributed by atoms with Gasteiger partial charge in [-0.25, -0.2) is 0 Å². The first-order valence-corrected chi connectivity index (χ1v) is 7.62. The van der Waals surface area contributed by atoms with Crippen molar-refractivity contribution in [2.75, 3.05) is 12.8 Å². The third kappa shape index (κ3) is 4.01. The Morgan fingerprint density at radius 1 is 1.33 bits per heavy atom. The van der Waals surface area contributed by atoms with Crippen molar-refractivity contribution in [2.45, 2.75) is 6.54 Å². The molecule has 0 saturated heterocycles. The summed E-state index contributed by atoms with van der Waals surface area (Å²) < 4.78 is 5.95. The van der Waals surface area contributed by atoms with E-state index in [9.17, 15) is 4.79 Å². The van der Waals surface area contributed by atoms with Crippen LogP contribution in [0.5, 0.6) is 5.75 Å². The van der Waals surface area contributed by atoms with Gasteiger partial charge in [-0.15, -0.1) is 0 Å². The van der Waals surface area contributed by atoms with Crippen molar-refractivity contribution in [3.8, 4) is 5.75 Å². The number of hydrogen-bond donors (Lipinski definition) is 2. The molecule has 6 heteroatoms. The molecule has 4 nitrogen and oxygen atoms in total. The second-order valence-corrected chi connectivity index (χ2v) is 5.98. The second-order valence-electron chi connectivity index (χ2n) is 4.38. The highest BCUT2D eigenvalue weighted by Crippen LogP contribution is 2.22. The first kappa shape index (κ1) is 15.9. The van der Waals surface area contributed by atoms with Crippen molar-refractivity contribution in [3.05, 3.63) is 56.1 Å². The highest BCUT2D eigenvalue weighted by atomic mass is 127.